The van der Waals surface area contributed by atoms with Crippen molar-refractivity contribution in [2.24, 2.45) is 23.5 Å². The Balaban J connectivity index is 0.00000208. The minimum absolute atomic E-state index is 0. The highest BCUT2D eigenvalue weighted by atomic mass is 35.5. The second-order valence-corrected chi connectivity index (χ2v) is 9.76. The van der Waals surface area contributed by atoms with E-state index in [0.29, 0.717) is 24.8 Å². The van der Waals surface area contributed by atoms with E-state index >= 15 is 0 Å². The molecule has 1 aliphatic heterocycles. The highest BCUT2D eigenvalue weighted by molar-refractivity contribution is 7.91. The maximum atomic E-state index is 13.1. The Morgan fingerprint density at radius 1 is 1.21 bits per heavy atom. The molecule has 3 aliphatic rings. The number of hydrogen-bond acceptors (Lipinski definition) is 4. The molecule has 3 atom stereocenters. The smallest absolute Gasteiger partial charge is 0.226 e. The van der Waals surface area contributed by atoms with Crippen LogP contribution in [0.25, 0.3) is 0 Å². The molecule has 2 saturated carbocycles. The van der Waals surface area contributed by atoms with E-state index in [1.165, 1.54) is 6.42 Å². The molecule has 0 aromatic carbocycles. The molecular weight excluding hydrogens is 348 g/mol. The SMILES string of the molecule is C=CCN(C(=O)C1CC2CCCC(C1)C2N)C1CCS(=O)(=O)C1.Cl. The fraction of sp³-hybridized carbons (Fsp3) is 0.824. The van der Waals surface area contributed by atoms with Crippen molar-refractivity contribution >= 4 is 28.2 Å². The lowest BCUT2D eigenvalue weighted by Crippen LogP contribution is -2.51. The van der Waals surface area contributed by atoms with Gasteiger partial charge in [-0.25, -0.2) is 8.42 Å². The first kappa shape index (κ1) is 19.7. The summed E-state index contributed by atoms with van der Waals surface area (Å²) in [4.78, 5) is 14.8. The summed E-state index contributed by atoms with van der Waals surface area (Å²) in [7, 11) is -3.00. The van der Waals surface area contributed by atoms with E-state index < -0.39 is 9.84 Å². The van der Waals surface area contributed by atoms with Gasteiger partial charge in [0.25, 0.3) is 0 Å². The lowest BCUT2D eigenvalue weighted by molar-refractivity contribution is -0.140. The van der Waals surface area contributed by atoms with Gasteiger partial charge in [-0.05, 0) is 43.9 Å². The molecule has 1 saturated heterocycles. The number of nitrogens with zero attached hydrogens (tertiary/aromatic N) is 1. The van der Waals surface area contributed by atoms with Crippen LogP contribution in [-0.4, -0.2) is 49.4 Å². The minimum atomic E-state index is -3.00. The van der Waals surface area contributed by atoms with E-state index in [1.54, 1.807) is 11.0 Å². The van der Waals surface area contributed by atoms with E-state index in [2.05, 4.69) is 6.58 Å². The first-order valence-corrected chi connectivity index (χ1v) is 10.6. The average molecular weight is 377 g/mol. The van der Waals surface area contributed by atoms with E-state index in [9.17, 15) is 13.2 Å². The van der Waals surface area contributed by atoms with Crippen LogP contribution in [0.3, 0.4) is 0 Å². The number of carbonyl (C=O) groups is 1. The molecule has 0 aromatic heterocycles. The third kappa shape index (κ3) is 3.97. The number of nitrogens with two attached hydrogens (primary N) is 1. The zero-order valence-electron chi connectivity index (χ0n) is 14.1. The number of hydrogen-bond donors (Lipinski definition) is 1. The van der Waals surface area contributed by atoms with Crippen molar-refractivity contribution in [3.63, 3.8) is 0 Å². The minimum Gasteiger partial charge on any atom is -0.335 e. The van der Waals surface area contributed by atoms with E-state index in [0.717, 1.165) is 25.7 Å². The Morgan fingerprint density at radius 2 is 1.83 bits per heavy atom. The predicted molar refractivity (Wildman–Crippen MR) is 97.7 cm³/mol. The number of amides is 1. The summed E-state index contributed by atoms with van der Waals surface area (Å²) in [5.74, 6) is 1.33. The normalized spacial score (nSPS) is 37.3. The molecule has 5 nitrogen and oxygen atoms in total. The molecule has 0 spiro atoms. The lowest BCUT2D eigenvalue weighted by Gasteiger charge is -2.45. The van der Waals surface area contributed by atoms with Crippen LogP contribution in [0.5, 0.6) is 0 Å². The summed E-state index contributed by atoms with van der Waals surface area (Å²) in [6, 6.07) is 0.0634. The first-order chi connectivity index (χ1) is 10.9. The van der Waals surface area contributed by atoms with Gasteiger partial charge in [0.05, 0.1) is 11.5 Å². The molecule has 3 unspecified atom stereocenters. The Kier molecular flexibility index (Phi) is 6.37. The van der Waals surface area contributed by atoms with Crippen LogP contribution in [0.2, 0.25) is 0 Å². The van der Waals surface area contributed by atoms with Crippen LogP contribution in [0, 0.1) is 17.8 Å². The van der Waals surface area contributed by atoms with E-state index in [-0.39, 0.29) is 47.8 Å². The van der Waals surface area contributed by atoms with Crippen molar-refractivity contribution in [3.05, 3.63) is 12.7 Å². The summed E-state index contributed by atoms with van der Waals surface area (Å²) < 4.78 is 23.5. The quantitative estimate of drug-likeness (QED) is 0.758. The molecule has 2 N–H and O–H groups in total. The fourth-order valence-electron chi connectivity index (χ4n) is 4.80. The van der Waals surface area contributed by atoms with Crippen LogP contribution in [0.1, 0.15) is 38.5 Å². The largest absolute Gasteiger partial charge is 0.335 e. The summed E-state index contributed by atoms with van der Waals surface area (Å²) in [5.41, 5.74) is 6.32. The van der Waals surface area contributed by atoms with E-state index in [4.69, 9.17) is 5.73 Å². The van der Waals surface area contributed by atoms with Crippen LogP contribution in [-0.2, 0) is 14.6 Å². The van der Waals surface area contributed by atoms with Gasteiger partial charge in [0.2, 0.25) is 5.91 Å². The van der Waals surface area contributed by atoms with Gasteiger partial charge in [-0.1, -0.05) is 12.5 Å². The third-order valence-corrected chi connectivity index (χ3v) is 7.77. The Hall–Kier alpha value is -0.590. The van der Waals surface area contributed by atoms with Crippen LogP contribution in [0.4, 0.5) is 0 Å². The Labute approximate surface area is 151 Å². The number of sulfone groups is 1. The number of halogens is 1. The molecular formula is C17H29ClN2O3S. The summed E-state index contributed by atoms with van der Waals surface area (Å²) in [5, 5.41) is 0. The first-order valence-electron chi connectivity index (χ1n) is 8.78. The molecule has 3 fully saturated rings. The fourth-order valence-corrected chi connectivity index (χ4v) is 6.54. The molecule has 7 heteroatoms. The summed E-state index contributed by atoms with van der Waals surface area (Å²) in [6.45, 7) is 4.18. The highest BCUT2D eigenvalue weighted by Gasteiger charge is 2.43. The highest BCUT2D eigenvalue weighted by Crippen LogP contribution is 2.42. The molecule has 1 amide bonds. The maximum absolute atomic E-state index is 13.1. The van der Waals surface area contributed by atoms with Gasteiger partial charge < -0.3 is 10.6 Å². The number of fused-ring (bicyclic) bond motifs is 2. The van der Waals surface area contributed by atoms with Gasteiger partial charge in [0.1, 0.15) is 0 Å². The number of carbonyl (C=O) groups excluding carboxylic acids is 1. The predicted octanol–water partition coefficient (Wildman–Crippen LogP) is 1.76. The Bertz CT molecular complexity index is 566. The second kappa shape index (κ2) is 7.75. The van der Waals surface area contributed by atoms with Crippen molar-refractivity contribution in [1.29, 1.82) is 0 Å². The van der Waals surface area contributed by atoms with Gasteiger partial charge in [0, 0.05) is 24.5 Å². The lowest BCUT2D eigenvalue weighted by atomic mass is 9.65. The molecule has 3 rings (SSSR count). The molecule has 1 heterocycles. The van der Waals surface area contributed by atoms with Crippen molar-refractivity contribution in [3.8, 4) is 0 Å². The van der Waals surface area contributed by atoms with Gasteiger partial charge in [0.15, 0.2) is 9.84 Å². The second-order valence-electron chi connectivity index (χ2n) is 7.53. The molecule has 0 radical (unpaired) electrons. The van der Waals surface area contributed by atoms with Gasteiger partial charge in [-0.15, -0.1) is 19.0 Å². The number of rotatable bonds is 4. The van der Waals surface area contributed by atoms with Crippen LogP contribution >= 0.6 is 12.4 Å². The van der Waals surface area contributed by atoms with Gasteiger partial charge >= 0.3 is 0 Å². The van der Waals surface area contributed by atoms with E-state index in [1.807, 2.05) is 0 Å². The maximum Gasteiger partial charge on any atom is 0.226 e. The molecule has 0 aromatic rings. The van der Waals surface area contributed by atoms with Crippen molar-refractivity contribution < 1.29 is 13.2 Å². The Morgan fingerprint density at radius 3 is 2.33 bits per heavy atom. The van der Waals surface area contributed by atoms with Crippen LogP contribution < -0.4 is 5.73 Å². The monoisotopic (exact) mass is 376 g/mol. The van der Waals surface area contributed by atoms with Crippen LogP contribution in [0.15, 0.2) is 12.7 Å². The summed E-state index contributed by atoms with van der Waals surface area (Å²) >= 11 is 0. The van der Waals surface area contributed by atoms with Crippen molar-refractivity contribution in [2.45, 2.75) is 50.6 Å². The van der Waals surface area contributed by atoms with Crippen molar-refractivity contribution in [1.82, 2.24) is 4.90 Å². The standard InChI is InChI=1S/C17H28N2O3S.ClH/c1-2-7-19(15-6-8-23(21,22)11-15)17(20)14-9-12-4-3-5-13(10-14)16(12)18;/h2,12-16H,1,3-11,18H2;1H. The average Bonchev–Trinajstić information content (AvgIpc) is 2.83. The van der Waals surface area contributed by atoms with Gasteiger partial charge in [-0.3, -0.25) is 4.79 Å². The molecule has 24 heavy (non-hydrogen) atoms. The molecule has 138 valence electrons. The summed E-state index contributed by atoms with van der Waals surface area (Å²) in [6.07, 6.45) is 7.47. The molecule has 2 aliphatic carbocycles. The van der Waals surface area contributed by atoms with Crippen molar-refractivity contribution in [2.75, 3.05) is 18.1 Å². The molecule has 2 bridgehead atoms. The zero-order valence-corrected chi connectivity index (χ0v) is 15.7. The topological polar surface area (TPSA) is 80.5 Å². The van der Waals surface area contributed by atoms with Gasteiger partial charge in [-0.2, -0.15) is 0 Å². The zero-order chi connectivity index (χ0) is 16.6. The third-order valence-electron chi connectivity index (χ3n) is 6.02.